The molecule has 158 valence electrons. The molecule has 2 N–H and O–H groups in total. The van der Waals surface area contributed by atoms with Crippen molar-refractivity contribution < 1.29 is 24.2 Å². The molecule has 0 saturated carbocycles. The Labute approximate surface area is 171 Å². The fourth-order valence-corrected chi connectivity index (χ4v) is 3.61. The van der Waals surface area contributed by atoms with Crippen molar-refractivity contribution in [3.8, 4) is 11.5 Å². The summed E-state index contributed by atoms with van der Waals surface area (Å²) in [5, 5.41) is 12.4. The first-order valence-electron chi connectivity index (χ1n) is 9.92. The van der Waals surface area contributed by atoms with E-state index in [1.54, 1.807) is 18.2 Å². The fraction of sp³-hybridized carbons (Fsp3) is 0.524. The lowest BCUT2D eigenvalue weighted by Gasteiger charge is -2.35. The molecule has 1 saturated heterocycles. The molecule has 1 atom stereocenters. The number of hydrogen-bond donors (Lipinski definition) is 2. The summed E-state index contributed by atoms with van der Waals surface area (Å²) in [6, 6.07) is 5.16. The number of carboxylic acids is 1. The summed E-state index contributed by atoms with van der Waals surface area (Å²) in [6.07, 6.45) is -0.0737. The molecule has 1 fully saturated rings. The lowest BCUT2D eigenvalue weighted by atomic mass is 10.0. The molecule has 0 aromatic heterocycles. The van der Waals surface area contributed by atoms with Gasteiger partial charge in [0.05, 0.1) is 5.92 Å². The number of piperazine rings is 1. The molecule has 2 aliphatic rings. The van der Waals surface area contributed by atoms with Gasteiger partial charge < -0.3 is 19.9 Å². The monoisotopic (exact) mass is 403 g/mol. The number of carbonyl (C=O) groups excluding carboxylic acids is 1. The summed E-state index contributed by atoms with van der Waals surface area (Å²) >= 11 is 0. The zero-order valence-electron chi connectivity index (χ0n) is 16.9. The standard InChI is InChI=1S/C21H29N3O5/c1-15(2)13-23-5-7-24(8-6-23)14-16(21(26)27)11-20(25)22-17-3-4-18-19(12-17)29-10-9-28-18/h3-4,12,16H,1,5-11,13-14H2,2H3,(H,22,25)(H,26,27)/t16-/m1/s1. The van der Waals surface area contributed by atoms with Crippen LogP contribution in [0.1, 0.15) is 13.3 Å². The van der Waals surface area contributed by atoms with E-state index in [2.05, 4.69) is 21.7 Å². The number of hydrogen-bond acceptors (Lipinski definition) is 6. The van der Waals surface area contributed by atoms with Crippen LogP contribution in [-0.4, -0.2) is 79.3 Å². The minimum Gasteiger partial charge on any atom is -0.486 e. The summed E-state index contributed by atoms with van der Waals surface area (Å²) in [5.74, 6) is -0.804. The number of rotatable bonds is 8. The average Bonchev–Trinajstić information content (AvgIpc) is 2.68. The van der Waals surface area contributed by atoms with Gasteiger partial charge in [-0.1, -0.05) is 12.2 Å². The van der Waals surface area contributed by atoms with E-state index in [0.717, 1.165) is 38.3 Å². The molecule has 0 bridgehead atoms. The molecule has 8 nitrogen and oxygen atoms in total. The van der Waals surface area contributed by atoms with Crippen molar-refractivity contribution >= 4 is 17.6 Å². The minimum absolute atomic E-state index is 0.0737. The number of amides is 1. The van der Waals surface area contributed by atoms with Crippen LogP contribution in [-0.2, 0) is 9.59 Å². The number of nitrogens with zero attached hydrogens (tertiary/aromatic N) is 2. The summed E-state index contributed by atoms with van der Waals surface area (Å²) in [5.41, 5.74) is 1.69. The highest BCUT2D eigenvalue weighted by Gasteiger charge is 2.26. The number of fused-ring (bicyclic) bond motifs is 1. The van der Waals surface area contributed by atoms with Gasteiger partial charge in [0.1, 0.15) is 13.2 Å². The van der Waals surface area contributed by atoms with Crippen molar-refractivity contribution in [3.05, 3.63) is 30.4 Å². The van der Waals surface area contributed by atoms with Gasteiger partial charge in [-0.3, -0.25) is 19.4 Å². The molecular weight excluding hydrogens is 374 g/mol. The van der Waals surface area contributed by atoms with Gasteiger partial charge in [-0.25, -0.2) is 0 Å². The third kappa shape index (κ3) is 6.20. The van der Waals surface area contributed by atoms with Crippen LogP contribution < -0.4 is 14.8 Å². The maximum atomic E-state index is 12.4. The predicted molar refractivity (Wildman–Crippen MR) is 109 cm³/mol. The van der Waals surface area contributed by atoms with E-state index in [-0.39, 0.29) is 12.3 Å². The molecule has 0 unspecified atom stereocenters. The number of carboxylic acid groups (broad SMARTS) is 1. The smallest absolute Gasteiger partial charge is 0.308 e. The van der Waals surface area contributed by atoms with Gasteiger partial charge in [-0.05, 0) is 19.1 Å². The van der Waals surface area contributed by atoms with Crippen LogP contribution in [0.5, 0.6) is 11.5 Å². The molecule has 29 heavy (non-hydrogen) atoms. The summed E-state index contributed by atoms with van der Waals surface area (Å²) in [7, 11) is 0. The van der Waals surface area contributed by atoms with Crippen molar-refractivity contribution in [2.75, 3.05) is 57.8 Å². The van der Waals surface area contributed by atoms with E-state index in [9.17, 15) is 14.7 Å². The van der Waals surface area contributed by atoms with Crippen LogP contribution in [0.4, 0.5) is 5.69 Å². The Morgan fingerprint density at radius 1 is 1.14 bits per heavy atom. The van der Waals surface area contributed by atoms with Crippen LogP contribution in [0.25, 0.3) is 0 Å². The van der Waals surface area contributed by atoms with E-state index in [4.69, 9.17) is 9.47 Å². The minimum atomic E-state index is -0.952. The number of carbonyl (C=O) groups is 2. The zero-order chi connectivity index (χ0) is 20.8. The van der Waals surface area contributed by atoms with E-state index in [0.29, 0.717) is 36.9 Å². The number of nitrogens with one attached hydrogen (secondary N) is 1. The molecule has 0 aliphatic carbocycles. The molecule has 1 aromatic carbocycles. The van der Waals surface area contributed by atoms with Gasteiger partial charge >= 0.3 is 5.97 Å². The Hall–Kier alpha value is -2.58. The SMILES string of the molecule is C=C(C)CN1CCN(C[C@@H](CC(=O)Nc2ccc3c(c2)OCCO3)C(=O)O)CC1. The maximum Gasteiger partial charge on any atom is 0.308 e. The molecule has 8 heteroatoms. The third-order valence-corrected chi connectivity index (χ3v) is 5.04. The Morgan fingerprint density at radius 2 is 1.79 bits per heavy atom. The first-order valence-corrected chi connectivity index (χ1v) is 9.92. The van der Waals surface area contributed by atoms with Crippen molar-refractivity contribution in [2.24, 2.45) is 5.92 Å². The average molecular weight is 403 g/mol. The first kappa shape index (κ1) is 21.1. The second kappa shape index (κ2) is 9.76. The Morgan fingerprint density at radius 3 is 2.45 bits per heavy atom. The Balaban J connectivity index is 1.50. The summed E-state index contributed by atoms with van der Waals surface area (Å²) < 4.78 is 11.0. The number of benzene rings is 1. The topological polar surface area (TPSA) is 91.3 Å². The van der Waals surface area contributed by atoms with Crippen LogP contribution >= 0.6 is 0 Å². The molecule has 0 radical (unpaired) electrons. The maximum absolute atomic E-state index is 12.4. The van der Waals surface area contributed by atoms with Crippen molar-refractivity contribution in [3.63, 3.8) is 0 Å². The summed E-state index contributed by atoms with van der Waals surface area (Å²) in [6.45, 7) is 11.5. The second-order valence-electron chi connectivity index (χ2n) is 7.68. The van der Waals surface area contributed by atoms with Crippen LogP contribution in [0.2, 0.25) is 0 Å². The van der Waals surface area contributed by atoms with Crippen molar-refractivity contribution in [2.45, 2.75) is 13.3 Å². The van der Waals surface area contributed by atoms with E-state index < -0.39 is 11.9 Å². The van der Waals surface area contributed by atoms with Gasteiger partial charge in [0.2, 0.25) is 5.91 Å². The Kier molecular flexibility index (Phi) is 7.11. The van der Waals surface area contributed by atoms with Crippen molar-refractivity contribution in [1.29, 1.82) is 0 Å². The van der Waals surface area contributed by atoms with Crippen LogP contribution in [0, 0.1) is 5.92 Å². The lowest BCUT2D eigenvalue weighted by Crippen LogP contribution is -2.49. The molecule has 1 amide bonds. The highest BCUT2D eigenvalue weighted by molar-refractivity contribution is 5.93. The first-order chi connectivity index (χ1) is 13.9. The predicted octanol–water partition coefficient (Wildman–Crippen LogP) is 1.68. The highest BCUT2D eigenvalue weighted by Crippen LogP contribution is 2.32. The number of ether oxygens (including phenoxy) is 2. The summed E-state index contributed by atoms with van der Waals surface area (Å²) in [4.78, 5) is 28.5. The normalized spacial score (nSPS) is 18.1. The third-order valence-electron chi connectivity index (χ3n) is 5.04. The van der Waals surface area contributed by atoms with Crippen molar-refractivity contribution in [1.82, 2.24) is 9.80 Å². The van der Waals surface area contributed by atoms with Crippen LogP contribution in [0.15, 0.2) is 30.4 Å². The Bertz CT molecular complexity index is 759. The number of anilines is 1. The molecule has 2 heterocycles. The van der Waals surface area contributed by atoms with E-state index in [1.165, 1.54) is 0 Å². The van der Waals surface area contributed by atoms with Gasteiger partial charge in [-0.2, -0.15) is 0 Å². The molecule has 3 rings (SSSR count). The molecule has 2 aliphatic heterocycles. The fourth-order valence-electron chi connectivity index (χ4n) is 3.61. The van der Waals surface area contributed by atoms with E-state index >= 15 is 0 Å². The van der Waals surface area contributed by atoms with Gasteiger partial charge in [0, 0.05) is 57.4 Å². The highest BCUT2D eigenvalue weighted by atomic mass is 16.6. The van der Waals surface area contributed by atoms with Gasteiger partial charge in [0.25, 0.3) is 0 Å². The number of aliphatic carboxylic acids is 1. The second-order valence-corrected chi connectivity index (χ2v) is 7.68. The van der Waals surface area contributed by atoms with Crippen LogP contribution in [0.3, 0.4) is 0 Å². The lowest BCUT2D eigenvalue weighted by molar-refractivity contribution is -0.144. The molecule has 0 spiro atoms. The largest absolute Gasteiger partial charge is 0.486 e. The zero-order valence-corrected chi connectivity index (χ0v) is 16.9. The molecule has 1 aromatic rings. The van der Waals surface area contributed by atoms with E-state index in [1.807, 2.05) is 6.92 Å². The van der Waals surface area contributed by atoms with Gasteiger partial charge in [-0.15, -0.1) is 0 Å². The molecular formula is C21H29N3O5. The quantitative estimate of drug-likeness (QED) is 0.638. The van der Waals surface area contributed by atoms with Gasteiger partial charge in [0.15, 0.2) is 11.5 Å².